The van der Waals surface area contributed by atoms with E-state index >= 15 is 0 Å². The van der Waals surface area contributed by atoms with Gasteiger partial charge in [-0.3, -0.25) is 4.79 Å². The molecule has 1 atom stereocenters. The molecule has 0 heterocycles. The van der Waals surface area contributed by atoms with Crippen LogP contribution >= 0.6 is 23.4 Å². The van der Waals surface area contributed by atoms with Crippen LogP contribution in [0.3, 0.4) is 0 Å². The minimum atomic E-state index is -0.0565. The van der Waals surface area contributed by atoms with E-state index < -0.39 is 0 Å². The van der Waals surface area contributed by atoms with Gasteiger partial charge in [-0.1, -0.05) is 35.9 Å². The average molecular weight is 320 g/mol. The molecule has 2 aromatic rings. The Labute approximate surface area is 134 Å². The Morgan fingerprint density at radius 1 is 1.24 bits per heavy atom. The van der Waals surface area contributed by atoms with E-state index in [9.17, 15) is 4.79 Å². The van der Waals surface area contributed by atoms with E-state index in [0.29, 0.717) is 10.6 Å². The van der Waals surface area contributed by atoms with Crippen LogP contribution in [0, 0.1) is 0 Å². The summed E-state index contributed by atoms with van der Waals surface area (Å²) in [6.45, 7) is 1.97. The van der Waals surface area contributed by atoms with Crippen LogP contribution in [-0.4, -0.2) is 12.2 Å². The van der Waals surface area contributed by atoms with E-state index in [1.165, 1.54) is 0 Å². The van der Waals surface area contributed by atoms with Crippen LogP contribution in [0.5, 0.6) is 0 Å². The van der Waals surface area contributed by atoms with Gasteiger partial charge < -0.3 is 5.32 Å². The average Bonchev–Trinajstić information content (AvgIpc) is 2.48. The maximum atomic E-state index is 12.3. The third-order valence-electron chi connectivity index (χ3n) is 3.22. The first-order chi connectivity index (χ1) is 10.1. The Kier molecular flexibility index (Phi) is 5.71. The molecule has 1 unspecified atom stereocenters. The number of rotatable bonds is 5. The lowest BCUT2D eigenvalue weighted by atomic mass is 10.1. The van der Waals surface area contributed by atoms with Crippen molar-refractivity contribution in [2.45, 2.75) is 18.7 Å². The molecule has 0 aliphatic rings. The zero-order valence-corrected chi connectivity index (χ0v) is 13.7. The van der Waals surface area contributed by atoms with Crippen LogP contribution in [0.25, 0.3) is 0 Å². The zero-order chi connectivity index (χ0) is 15.2. The highest BCUT2D eigenvalue weighted by Crippen LogP contribution is 2.17. The van der Waals surface area contributed by atoms with Crippen LogP contribution in [0.15, 0.2) is 48.5 Å². The lowest BCUT2D eigenvalue weighted by Gasteiger charge is -2.15. The highest BCUT2D eigenvalue weighted by molar-refractivity contribution is 7.97. The van der Waals surface area contributed by atoms with Gasteiger partial charge in [0.05, 0.1) is 6.04 Å². The van der Waals surface area contributed by atoms with E-state index in [1.807, 2.05) is 55.5 Å². The highest BCUT2D eigenvalue weighted by Gasteiger charge is 2.11. The van der Waals surface area contributed by atoms with E-state index in [4.69, 9.17) is 11.6 Å². The number of hydrogen-bond acceptors (Lipinski definition) is 2. The van der Waals surface area contributed by atoms with E-state index in [-0.39, 0.29) is 11.9 Å². The smallest absolute Gasteiger partial charge is 0.251 e. The number of thioether (sulfide) groups is 1. The van der Waals surface area contributed by atoms with E-state index in [2.05, 4.69) is 11.6 Å². The number of halogens is 1. The first-order valence-corrected chi connectivity index (χ1v) is 8.51. The molecular formula is C17H18ClNOS. The maximum absolute atomic E-state index is 12.3. The topological polar surface area (TPSA) is 29.1 Å². The number of carbonyl (C=O) groups is 1. The summed E-state index contributed by atoms with van der Waals surface area (Å²) in [4.78, 5) is 12.3. The third kappa shape index (κ3) is 4.51. The summed E-state index contributed by atoms with van der Waals surface area (Å²) in [5.74, 6) is 0.855. The Balaban J connectivity index is 2.06. The van der Waals surface area contributed by atoms with Crippen LogP contribution in [0.2, 0.25) is 5.02 Å². The second-order valence-corrected chi connectivity index (χ2v) is 6.18. The van der Waals surface area contributed by atoms with Crippen molar-refractivity contribution in [1.29, 1.82) is 0 Å². The van der Waals surface area contributed by atoms with Gasteiger partial charge in [-0.05, 0) is 48.6 Å². The fraction of sp³-hybridized carbons (Fsp3) is 0.235. The van der Waals surface area contributed by atoms with Gasteiger partial charge in [0.15, 0.2) is 0 Å². The monoisotopic (exact) mass is 319 g/mol. The quantitative estimate of drug-likeness (QED) is 0.866. The number of benzene rings is 2. The van der Waals surface area contributed by atoms with Gasteiger partial charge in [-0.15, -0.1) is 0 Å². The van der Waals surface area contributed by atoms with Gasteiger partial charge in [0.2, 0.25) is 0 Å². The summed E-state index contributed by atoms with van der Waals surface area (Å²) in [5, 5.41) is 3.71. The van der Waals surface area contributed by atoms with Crippen molar-refractivity contribution in [3.05, 3.63) is 70.2 Å². The lowest BCUT2D eigenvalue weighted by molar-refractivity contribution is 0.0940. The standard InChI is InChI=1S/C17H18ClNOS/c1-12(14-6-8-16(18)9-7-14)19-17(20)15-5-3-4-13(10-15)11-21-2/h3-10,12H,11H2,1-2H3,(H,19,20). The minimum Gasteiger partial charge on any atom is -0.346 e. The largest absolute Gasteiger partial charge is 0.346 e. The molecule has 1 amide bonds. The van der Waals surface area contributed by atoms with Crippen LogP contribution < -0.4 is 5.32 Å². The van der Waals surface area contributed by atoms with Crippen LogP contribution in [0.4, 0.5) is 0 Å². The first kappa shape index (κ1) is 15.9. The van der Waals surface area contributed by atoms with Gasteiger partial charge in [-0.2, -0.15) is 11.8 Å². The Morgan fingerprint density at radius 2 is 1.95 bits per heavy atom. The minimum absolute atomic E-state index is 0.0552. The Morgan fingerprint density at radius 3 is 2.62 bits per heavy atom. The zero-order valence-electron chi connectivity index (χ0n) is 12.1. The van der Waals surface area contributed by atoms with Crippen LogP contribution in [-0.2, 0) is 5.75 Å². The summed E-state index contributed by atoms with van der Waals surface area (Å²) < 4.78 is 0. The van der Waals surface area contributed by atoms with Crippen molar-refractivity contribution in [3.63, 3.8) is 0 Å². The molecular weight excluding hydrogens is 302 g/mol. The fourth-order valence-electron chi connectivity index (χ4n) is 2.08. The molecule has 0 saturated carbocycles. The van der Waals surface area contributed by atoms with Crippen LogP contribution in [0.1, 0.15) is 34.5 Å². The van der Waals surface area contributed by atoms with Crippen molar-refractivity contribution in [2.24, 2.45) is 0 Å². The number of amides is 1. The molecule has 0 aliphatic heterocycles. The van der Waals surface area contributed by atoms with Crippen molar-refractivity contribution in [1.82, 2.24) is 5.32 Å². The molecule has 0 saturated heterocycles. The van der Waals surface area contributed by atoms with Crippen molar-refractivity contribution in [2.75, 3.05) is 6.26 Å². The van der Waals surface area contributed by atoms with Gasteiger partial charge in [0.25, 0.3) is 5.91 Å². The normalized spacial score (nSPS) is 12.0. The molecule has 0 bridgehead atoms. The molecule has 21 heavy (non-hydrogen) atoms. The summed E-state index contributed by atoms with van der Waals surface area (Å²) in [7, 11) is 0. The summed E-state index contributed by atoms with van der Waals surface area (Å²) in [5.41, 5.74) is 2.89. The predicted octanol–water partition coefficient (Wildman–Crippen LogP) is 4.69. The Bertz CT molecular complexity index is 612. The molecule has 0 aliphatic carbocycles. The SMILES string of the molecule is CSCc1cccc(C(=O)NC(C)c2ccc(Cl)cc2)c1. The highest BCUT2D eigenvalue weighted by atomic mass is 35.5. The van der Waals surface area contributed by atoms with Gasteiger partial charge in [-0.25, -0.2) is 0 Å². The lowest BCUT2D eigenvalue weighted by Crippen LogP contribution is -2.26. The predicted molar refractivity (Wildman–Crippen MR) is 91.0 cm³/mol. The molecule has 4 heteroatoms. The Hall–Kier alpha value is -1.45. The van der Waals surface area contributed by atoms with Gasteiger partial charge in [0.1, 0.15) is 0 Å². The van der Waals surface area contributed by atoms with Gasteiger partial charge in [0, 0.05) is 16.3 Å². The van der Waals surface area contributed by atoms with E-state index in [0.717, 1.165) is 16.9 Å². The number of carbonyl (C=O) groups excluding carboxylic acids is 1. The molecule has 0 fully saturated rings. The van der Waals surface area contributed by atoms with Crippen molar-refractivity contribution >= 4 is 29.3 Å². The maximum Gasteiger partial charge on any atom is 0.251 e. The third-order valence-corrected chi connectivity index (χ3v) is 4.09. The molecule has 0 spiro atoms. The molecule has 110 valence electrons. The van der Waals surface area contributed by atoms with E-state index in [1.54, 1.807) is 11.8 Å². The van der Waals surface area contributed by atoms with Crippen molar-refractivity contribution < 1.29 is 4.79 Å². The summed E-state index contributed by atoms with van der Waals surface area (Å²) in [6.07, 6.45) is 2.05. The molecule has 1 N–H and O–H groups in total. The van der Waals surface area contributed by atoms with Gasteiger partial charge >= 0.3 is 0 Å². The molecule has 2 rings (SSSR count). The second-order valence-electron chi connectivity index (χ2n) is 4.88. The molecule has 0 radical (unpaired) electrons. The molecule has 0 aromatic heterocycles. The molecule has 2 aromatic carbocycles. The number of nitrogens with one attached hydrogen (secondary N) is 1. The number of hydrogen-bond donors (Lipinski definition) is 1. The summed E-state index contributed by atoms with van der Waals surface area (Å²) >= 11 is 7.62. The summed E-state index contributed by atoms with van der Waals surface area (Å²) in [6, 6.07) is 15.2. The second kappa shape index (κ2) is 7.53. The fourth-order valence-corrected chi connectivity index (χ4v) is 2.72. The van der Waals surface area contributed by atoms with Crippen molar-refractivity contribution in [3.8, 4) is 0 Å². The first-order valence-electron chi connectivity index (χ1n) is 6.74. The molecule has 2 nitrogen and oxygen atoms in total.